The molecule has 0 aliphatic carbocycles. The molecule has 21 heavy (non-hydrogen) atoms. The minimum Gasteiger partial charge on any atom is -0.370 e. The van der Waals surface area contributed by atoms with Gasteiger partial charge in [0.1, 0.15) is 5.65 Å². The highest BCUT2D eigenvalue weighted by Gasteiger charge is 2.22. The van der Waals surface area contributed by atoms with Gasteiger partial charge in [0.15, 0.2) is 0 Å². The van der Waals surface area contributed by atoms with Crippen LogP contribution in [0.2, 0.25) is 0 Å². The Labute approximate surface area is 124 Å². The molecular formula is C16H22N4O. The summed E-state index contributed by atoms with van der Waals surface area (Å²) >= 11 is 0. The van der Waals surface area contributed by atoms with Gasteiger partial charge < -0.3 is 10.1 Å². The topological polar surface area (TPSA) is 63.6 Å². The van der Waals surface area contributed by atoms with Crippen molar-refractivity contribution in [3.63, 3.8) is 0 Å². The average Bonchev–Trinajstić information content (AvgIpc) is 2.83. The first-order valence-electron chi connectivity index (χ1n) is 7.55. The van der Waals surface area contributed by atoms with Gasteiger partial charge in [-0.05, 0) is 43.9 Å². The second kappa shape index (κ2) is 5.85. The number of hydrogen-bond acceptors (Lipinski definition) is 3. The van der Waals surface area contributed by atoms with E-state index in [1.165, 1.54) is 11.3 Å². The van der Waals surface area contributed by atoms with E-state index < -0.39 is 0 Å². The molecule has 3 rings (SSSR count). The minimum absolute atomic E-state index is 0.188. The van der Waals surface area contributed by atoms with Gasteiger partial charge in [-0.2, -0.15) is 0 Å². The summed E-state index contributed by atoms with van der Waals surface area (Å²) in [5.41, 5.74) is 8.74. The molecule has 112 valence electrons. The first-order chi connectivity index (χ1) is 10.1. The van der Waals surface area contributed by atoms with Crippen LogP contribution in [-0.2, 0) is 11.3 Å². The summed E-state index contributed by atoms with van der Waals surface area (Å²) in [6, 6.07) is 4.13. The predicted molar refractivity (Wildman–Crippen MR) is 81.7 cm³/mol. The number of amides is 1. The molecule has 1 aliphatic heterocycles. The lowest BCUT2D eigenvalue weighted by Gasteiger charge is -2.32. The van der Waals surface area contributed by atoms with Crippen molar-refractivity contribution in [1.29, 1.82) is 0 Å². The summed E-state index contributed by atoms with van der Waals surface area (Å²) in [7, 11) is 0. The summed E-state index contributed by atoms with van der Waals surface area (Å²) in [6.45, 7) is 4.98. The Morgan fingerprint density at radius 2 is 2.38 bits per heavy atom. The second-order valence-electron chi connectivity index (χ2n) is 6.05. The number of pyridine rings is 1. The molecule has 2 aromatic rings. The van der Waals surface area contributed by atoms with Gasteiger partial charge in [-0.25, -0.2) is 4.98 Å². The zero-order valence-corrected chi connectivity index (χ0v) is 12.5. The fourth-order valence-electron chi connectivity index (χ4n) is 3.29. The minimum atomic E-state index is -0.188. The van der Waals surface area contributed by atoms with E-state index in [4.69, 9.17) is 5.73 Å². The van der Waals surface area contributed by atoms with Crippen molar-refractivity contribution in [3.8, 4) is 0 Å². The number of carbonyl (C=O) groups is 1. The van der Waals surface area contributed by atoms with E-state index >= 15 is 0 Å². The monoisotopic (exact) mass is 286 g/mol. The largest absolute Gasteiger partial charge is 0.370 e. The Hall–Kier alpha value is -1.88. The fourth-order valence-corrected chi connectivity index (χ4v) is 3.29. The summed E-state index contributed by atoms with van der Waals surface area (Å²) in [6.07, 6.45) is 6.76. The first kappa shape index (κ1) is 14.1. The number of rotatable bonds is 4. The van der Waals surface area contributed by atoms with Crippen LogP contribution in [0.15, 0.2) is 24.5 Å². The molecule has 0 bridgehead atoms. The SMILES string of the molecule is Cc1cccn2c(CN3CCC[C@H](CC(N)=O)C3)cnc12. The van der Waals surface area contributed by atoms with E-state index in [2.05, 4.69) is 39.5 Å². The predicted octanol–water partition coefficient (Wildman–Crippen LogP) is 1.73. The maximum Gasteiger partial charge on any atom is 0.217 e. The molecule has 5 heteroatoms. The van der Waals surface area contributed by atoms with Crippen molar-refractivity contribution in [3.05, 3.63) is 35.8 Å². The third-order valence-corrected chi connectivity index (χ3v) is 4.29. The molecule has 1 amide bonds. The van der Waals surface area contributed by atoms with Crippen LogP contribution >= 0.6 is 0 Å². The van der Waals surface area contributed by atoms with Crippen molar-refractivity contribution >= 4 is 11.6 Å². The molecule has 0 unspecified atom stereocenters. The third kappa shape index (κ3) is 3.08. The van der Waals surface area contributed by atoms with Gasteiger partial charge in [-0.3, -0.25) is 9.69 Å². The molecule has 1 fully saturated rings. The van der Waals surface area contributed by atoms with Gasteiger partial charge in [0.2, 0.25) is 5.91 Å². The molecule has 0 spiro atoms. The van der Waals surface area contributed by atoms with Crippen LogP contribution in [0.5, 0.6) is 0 Å². The van der Waals surface area contributed by atoms with E-state index in [1.54, 1.807) is 0 Å². The number of nitrogens with zero attached hydrogens (tertiary/aromatic N) is 3. The van der Waals surface area contributed by atoms with Crippen molar-refractivity contribution < 1.29 is 4.79 Å². The van der Waals surface area contributed by atoms with Crippen LogP contribution in [0.1, 0.15) is 30.5 Å². The fraction of sp³-hybridized carbons (Fsp3) is 0.500. The lowest BCUT2D eigenvalue weighted by molar-refractivity contribution is -0.119. The van der Waals surface area contributed by atoms with Crippen molar-refractivity contribution in [2.45, 2.75) is 32.7 Å². The van der Waals surface area contributed by atoms with E-state index in [0.717, 1.165) is 38.1 Å². The number of likely N-dealkylation sites (tertiary alicyclic amines) is 1. The van der Waals surface area contributed by atoms with E-state index in [1.807, 2.05) is 6.20 Å². The smallest absolute Gasteiger partial charge is 0.217 e. The van der Waals surface area contributed by atoms with Crippen LogP contribution in [0, 0.1) is 12.8 Å². The number of nitrogens with two attached hydrogens (primary N) is 1. The van der Waals surface area contributed by atoms with Crippen LogP contribution in [-0.4, -0.2) is 33.3 Å². The number of aryl methyl sites for hydroxylation is 1. The third-order valence-electron chi connectivity index (χ3n) is 4.29. The van der Waals surface area contributed by atoms with E-state index in [-0.39, 0.29) is 5.91 Å². The molecular weight excluding hydrogens is 264 g/mol. The number of carbonyl (C=O) groups excluding carboxylic acids is 1. The molecule has 0 radical (unpaired) electrons. The molecule has 1 saturated heterocycles. The van der Waals surface area contributed by atoms with Gasteiger partial charge >= 0.3 is 0 Å². The average molecular weight is 286 g/mol. The highest BCUT2D eigenvalue weighted by molar-refractivity contribution is 5.74. The number of fused-ring (bicyclic) bond motifs is 1. The van der Waals surface area contributed by atoms with Gasteiger partial charge in [-0.1, -0.05) is 6.07 Å². The standard InChI is InChI=1S/C16H22N4O/c1-12-4-2-7-20-14(9-18-16(12)20)11-19-6-3-5-13(10-19)8-15(17)21/h2,4,7,9,13H,3,5-6,8,10-11H2,1H3,(H2,17,21)/t13-/m1/s1. The number of primary amides is 1. The van der Waals surface area contributed by atoms with Gasteiger partial charge in [0, 0.05) is 25.7 Å². The summed E-state index contributed by atoms with van der Waals surface area (Å²) in [5.74, 6) is 0.212. The Morgan fingerprint density at radius 3 is 3.19 bits per heavy atom. The van der Waals surface area contributed by atoms with Gasteiger partial charge in [0.25, 0.3) is 0 Å². The Bertz CT molecular complexity index is 649. The maximum atomic E-state index is 11.1. The lowest BCUT2D eigenvalue weighted by atomic mass is 9.94. The quantitative estimate of drug-likeness (QED) is 0.931. The molecule has 2 aromatic heterocycles. The van der Waals surface area contributed by atoms with Gasteiger partial charge in [0.05, 0.1) is 11.9 Å². The Balaban J connectivity index is 1.73. The summed E-state index contributed by atoms with van der Waals surface area (Å²) in [4.78, 5) is 18.0. The second-order valence-corrected chi connectivity index (χ2v) is 6.05. The summed E-state index contributed by atoms with van der Waals surface area (Å²) in [5, 5.41) is 0. The normalized spacial score (nSPS) is 20.0. The van der Waals surface area contributed by atoms with Crippen LogP contribution in [0.4, 0.5) is 0 Å². The number of aromatic nitrogens is 2. The summed E-state index contributed by atoms with van der Waals surface area (Å²) < 4.78 is 2.16. The Kier molecular flexibility index (Phi) is 3.92. The van der Waals surface area contributed by atoms with Crippen LogP contribution < -0.4 is 5.73 Å². The molecule has 2 N–H and O–H groups in total. The lowest BCUT2D eigenvalue weighted by Crippen LogP contribution is -2.36. The van der Waals surface area contributed by atoms with Crippen molar-refractivity contribution in [2.24, 2.45) is 11.7 Å². The zero-order valence-electron chi connectivity index (χ0n) is 12.5. The molecule has 5 nitrogen and oxygen atoms in total. The molecule has 0 saturated carbocycles. The molecule has 1 aliphatic rings. The molecule has 0 aromatic carbocycles. The van der Waals surface area contributed by atoms with Crippen molar-refractivity contribution in [2.75, 3.05) is 13.1 Å². The van der Waals surface area contributed by atoms with Gasteiger partial charge in [-0.15, -0.1) is 0 Å². The van der Waals surface area contributed by atoms with Crippen LogP contribution in [0.25, 0.3) is 5.65 Å². The highest BCUT2D eigenvalue weighted by atomic mass is 16.1. The number of piperidine rings is 1. The molecule has 3 heterocycles. The highest BCUT2D eigenvalue weighted by Crippen LogP contribution is 2.21. The van der Waals surface area contributed by atoms with E-state index in [9.17, 15) is 4.79 Å². The first-order valence-corrected chi connectivity index (χ1v) is 7.55. The maximum absolute atomic E-state index is 11.1. The van der Waals surface area contributed by atoms with E-state index in [0.29, 0.717) is 12.3 Å². The Morgan fingerprint density at radius 1 is 1.52 bits per heavy atom. The number of hydrogen-bond donors (Lipinski definition) is 1. The van der Waals surface area contributed by atoms with Crippen LogP contribution in [0.3, 0.4) is 0 Å². The molecule has 1 atom stereocenters. The number of imidazole rings is 1. The van der Waals surface area contributed by atoms with Crippen molar-refractivity contribution in [1.82, 2.24) is 14.3 Å². The zero-order chi connectivity index (χ0) is 14.8.